The van der Waals surface area contributed by atoms with Crippen molar-refractivity contribution >= 4 is 11.9 Å². The Hall–Kier alpha value is -1.36. The summed E-state index contributed by atoms with van der Waals surface area (Å²) in [5, 5.41) is 11.9. The molecule has 0 unspecified atom stereocenters. The highest BCUT2D eigenvalue weighted by Crippen LogP contribution is 2.42. The molecule has 0 aromatic rings. The van der Waals surface area contributed by atoms with Crippen molar-refractivity contribution in [2.75, 3.05) is 19.8 Å². The predicted octanol–water partition coefficient (Wildman–Crippen LogP) is 2.51. The summed E-state index contributed by atoms with van der Waals surface area (Å²) < 4.78 is 5.32. The summed E-state index contributed by atoms with van der Waals surface area (Å²) in [6.07, 6.45) is 7.84. The van der Waals surface area contributed by atoms with Crippen molar-refractivity contribution in [3.8, 4) is 0 Å². The molecular formula is C16H27NO4. The number of carbonyl (C=O) groups excluding carboxylic acids is 1. The van der Waals surface area contributed by atoms with Crippen LogP contribution in [-0.2, 0) is 14.3 Å². The van der Waals surface area contributed by atoms with Gasteiger partial charge in [0.15, 0.2) is 0 Å². The van der Waals surface area contributed by atoms with E-state index in [1.807, 2.05) is 0 Å². The van der Waals surface area contributed by atoms with Crippen molar-refractivity contribution in [2.24, 2.45) is 5.41 Å². The van der Waals surface area contributed by atoms with Gasteiger partial charge in [0.05, 0.1) is 19.6 Å². The van der Waals surface area contributed by atoms with Crippen molar-refractivity contribution in [1.82, 2.24) is 5.32 Å². The third kappa shape index (κ3) is 7.27. The van der Waals surface area contributed by atoms with Crippen LogP contribution in [0.2, 0.25) is 0 Å². The quantitative estimate of drug-likeness (QED) is 0.480. The van der Waals surface area contributed by atoms with Gasteiger partial charge in [-0.2, -0.15) is 0 Å². The lowest BCUT2D eigenvalue weighted by Gasteiger charge is -2.35. The van der Waals surface area contributed by atoms with E-state index in [1.54, 1.807) is 6.08 Å². The summed E-state index contributed by atoms with van der Waals surface area (Å²) in [6.45, 7) is 5.17. The van der Waals surface area contributed by atoms with Gasteiger partial charge >= 0.3 is 5.97 Å². The Morgan fingerprint density at radius 1 is 1.19 bits per heavy atom. The molecule has 120 valence electrons. The Morgan fingerprint density at radius 3 is 2.52 bits per heavy atom. The number of carbonyl (C=O) groups is 2. The second kappa shape index (κ2) is 9.55. The lowest BCUT2D eigenvalue weighted by atomic mass is 9.69. The summed E-state index contributed by atoms with van der Waals surface area (Å²) in [7, 11) is 0. The fourth-order valence-electron chi connectivity index (χ4n) is 2.97. The van der Waals surface area contributed by atoms with Crippen LogP contribution in [0.4, 0.5) is 0 Å². The molecule has 1 amide bonds. The van der Waals surface area contributed by atoms with Gasteiger partial charge in [-0.1, -0.05) is 25.3 Å². The monoisotopic (exact) mass is 297 g/mol. The van der Waals surface area contributed by atoms with Gasteiger partial charge in [0.1, 0.15) is 0 Å². The second-order valence-corrected chi connectivity index (χ2v) is 5.85. The van der Waals surface area contributed by atoms with Gasteiger partial charge in [0.25, 0.3) is 0 Å². The zero-order chi connectivity index (χ0) is 15.6. The highest BCUT2D eigenvalue weighted by atomic mass is 16.5. The Labute approximate surface area is 126 Å². The van der Waals surface area contributed by atoms with Gasteiger partial charge in [-0.05, 0) is 24.7 Å². The molecule has 0 aromatic carbocycles. The van der Waals surface area contributed by atoms with Gasteiger partial charge < -0.3 is 15.2 Å². The minimum absolute atomic E-state index is 0.0644. The van der Waals surface area contributed by atoms with Crippen LogP contribution in [0.25, 0.3) is 0 Å². The maximum absolute atomic E-state index is 12.0. The third-order valence-corrected chi connectivity index (χ3v) is 4.01. The summed E-state index contributed by atoms with van der Waals surface area (Å²) in [6, 6.07) is 0. The molecule has 1 fully saturated rings. The van der Waals surface area contributed by atoms with Crippen LogP contribution >= 0.6 is 0 Å². The van der Waals surface area contributed by atoms with E-state index < -0.39 is 5.97 Å². The Balaban J connectivity index is 2.31. The first kappa shape index (κ1) is 17.7. The molecule has 1 aliphatic carbocycles. The van der Waals surface area contributed by atoms with Crippen molar-refractivity contribution in [3.05, 3.63) is 12.7 Å². The zero-order valence-corrected chi connectivity index (χ0v) is 12.7. The van der Waals surface area contributed by atoms with Crippen LogP contribution in [0.5, 0.6) is 0 Å². The predicted molar refractivity (Wildman–Crippen MR) is 81.0 cm³/mol. The number of amides is 1. The number of hydrogen-bond donors (Lipinski definition) is 2. The molecule has 1 rings (SSSR count). The molecule has 1 saturated carbocycles. The molecule has 0 aromatic heterocycles. The average Bonchev–Trinajstić information content (AvgIpc) is 2.42. The van der Waals surface area contributed by atoms with Crippen molar-refractivity contribution in [2.45, 2.75) is 51.4 Å². The molecule has 0 aliphatic heterocycles. The molecule has 21 heavy (non-hydrogen) atoms. The number of hydrogen-bond acceptors (Lipinski definition) is 3. The van der Waals surface area contributed by atoms with Crippen molar-refractivity contribution in [1.29, 1.82) is 0 Å². The summed E-state index contributed by atoms with van der Waals surface area (Å²) >= 11 is 0. The molecule has 0 radical (unpaired) electrons. The number of nitrogens with one attached hydrogen (secondary N) is 1. The van der Waals surface area contributed by atoms with E-state index in [0.29, 0.717) is 26.2 Å². The van der Waals surface area contributed by atoms with Crippen LogP contribution in [-0.4, -0.2) is 36.7 Å². The molecule has 0 bridgehead atoms. The summed E-state index contributed by atoms with van der Waals surface area (Å²) in [4.78, 5) is 23.1. The van der Waals surface area contributed by atoms with Gasteiger partial charge in [-0.3, -0.25) is 9.59 Å². The molecule has 0 spiro atoms. The van der Waals surface area contributed by atoms with Crippen molar-refractivity contribution in [3.63, 3.8) is 0 Å². The van der Waals surface area contributed by atoms with Crippen LogP contribution < -0.4 is 5.32 Å². The Kier molecular flexibility index (Phi) is 8.05. The van der Waals surface area contributed by atoms with Crippen LogP contribution in [0, 0.1) is 5.41 Å². The van der Waals surface area contributed by atoms with Crippen LogP contribution in [0.3, 0.4) is 0 Å². The number of rotatable bonds is 10. The van der Waals surface area contributed by atoms with Crippen molar-refractivity contribution < 1.29 is 19.4 Å². The normalized spacial score (nSPS) is 17.1. The number of carboxylic acid groups (broad SMARTS) is 1. The smallest absolute Gasteiger partial charge is 0.303 e. The molecular weight excluding hydrogens is 270 g/mol. The maximum Gasteiger partial charge on any atom is 0.303 e. The first-order chi connectivity index (χ1) is 10.1. The highest BCUT2D eigenvalue weighted by molar-refractivity contribution is 5.78. The SMILES string of the molecule is C=CCCOCCNC(=O)CC1(CC(=O)O)CCCCC1. The van der Waals surface area contributed by atoms with E-state index in [0.717, 1.165) is 38.5 Å². The van der Waals surface area contributed by atoms with E-state index in [4.69, 9.17) is 9.84 Å². The van der Waals surface area contributed by atoms with E-state index >= 15 is 0 Å². The van der Waals surface area contributed by atoms with E-state index in [9.17, 15) is 9.59 Å². The molecule has 1 aliphatic rings. The second-order valence-electron chi connectivity index (χ2n) is 5.85. The Bertz CT molecular complexity index is 348. The van der Waals surface area contributed by atoms with Gasteiger partial charge in [-0.15, -0.1) is 6.58 Å². The lowest BCUT2D eigenvalue weighted by Crippen LogP contribution is -2.36. The minimum atomic E-state index is -0.808. The topological polar surface area (TPSA) is 75.6 Å². The molecule has 5 heteroatoms. The average molecular weight is 297 g/mol. The number of carboxylic acids is 1. The van der Waals surface area contributed by atoms with Gasteiger partial charge in [-0.25, -0.2) is 0 Å². The fourth-order valence-corrected chi connectivity index (χ4v) is 2.97. The van der Waals surface area contributed by atoms with Crippen LogP contribution in [0.1, 0.15) is 51.4 Å². The highest BCUT2D eigenvalue weighted by Gasteiger charge is 2.36. The van der Waals surface area contributed by atoms with E-state index in [1.165, 1.54) is 0 Å². The standard InChI is InChI=1S/C16H27NO4/c1-2-3-10-21-11-9-17-14(18)12-16(13-15(19)20)7-5-4-6-8-16/h2H,1,3-13H2,(H,17,18)(H,19,20). The van der Waals surface area contributed by atoms with Crippen LogP contribution in [0.15, 0.2) is 12.7 Å². The molecule has 0 saturated heterocycles. The number of aliphatic carboxylic acids is 1. The zero-order valence-electron chi connectivity index (χ0n) is 12.7. The lowest BCUT2D eigenvalue weighted by molar-refractivity contribution is -0.141. The van der Waals surface area contributed by atoms with E-state index in [2.05, 4.69) is 11.9 Å². The van der Waals surface area contributed by atoms with E-state index in [-0.39, 0.29) is 17.7 Å². The molecule has 2 N–H and O–H groups in total. The van der Waals surface area contributed by atoms with Gasteiger partial charge in [0.2, 0.25) is 5.91 Å². The Morgan fingerprint density at radius 2 is 1.90 bits per heavy atom. The summed E-state index contributed by atoms with van der Waals surface area (Å²) in [5.74, 6) is -0.872. The molecule has 0 atom stereocenters. The molecule has 5 nitrogen and oxygen atoms in total. The summed E-state index contributed by atoms with van der Waals surface area (Å²) in [5.41, 5.74) is -0.349. The largest absolute Gasteiger partial charge is 0.481 e. The number of ether oxygens (including phenoxy) is 1. The minimum Gasteiger partial charge on any atom is -0.481 e. The third-order valence-electron chi connectivity index (χ3n) is 4.01. The van der Waals surface area contributed by atoms with Gasteiger partial charge in [0, 0.05) is 13.0 Å². The first-order valence-corrected chi connectivity index (χ1v) is 7.75. The maximum atomic E-state index is 12.0. The first-order valence-electron chi connectivity index (χ1n) is 7.75. The molecule has 0 heterocycles. The fraction of sp³-hybridized carbons (Fsp3) is 0.750.